The predicted molar refractivity (Wildman–Crippen MR) is 107 cm³/mol. The highest BCUT2D eigenvalue weighted by Crippen LogP contribution is 2.19. The fourth-order valence-electron chi connectivity index (χ4n) is 3.20. The van der Waals surface area contributed by atoms with E-state index in [1.54, 1.807) is 0 Å². The first-order valence-corrected chi connectivity index (χ1v) is 10.9. The predicted octanol–water partition coefficient (Wildman–Crippen LogP) is 6.44. The van der Waals surface area contributed by atoms with Gasteiger partial charge in [0.25, 0.3) is 0 Å². The van der Waals surface area contributed by atoms with Crippen LogP contribution in [0, 0.1) is 11.8 Å². The quantitative estimate of drug-likeness (QED) is 0.211. The van der Waals surface area contributed by atoms with Crippen molar-refractivity contribution in [1.82, 2.24) is 0 Å². The molecule has 2 nitrogen and oxygen atoms in total. The molecule has 0 saturated heterocycles. The molecule has 1 unspecified atom stereocenters. The first kappa shape index (κ1) is 24.2. The van der Waals surface area contributed by atoms with Crippen LogP contribution in [0.3, 0.4) is 0 Å². The zero-order valence-electron chi connectivity index (χ0n) is 17.2. The third kappa shape index (κ3) is 17.8. The second-order valence-electron chi connectivity index (χ2n) is 8.01. The molecule has 1 atom stereocenters. The second kappa shape index (κ2) is 18.0. The van der Waals surface area contributed by atoms with Crippen LogP contribution in [0.25, 0.3) is 0 Å². The molecule has 0 radical (unpaired) electrons. The summed E-state index contributed by atoms with van der Waals surface area (Å²) >= 11 is 0. The first-order valence-electron chi connectivity index (χ1n) is 10.9. The molecule has 0 spiro atoms. The van der Waals surface area contributed by atoms with Crippen molar-refractivity contribution in [2.24, 2.45) is 11.8 Å². The summed E-state index contributed by atoms with van der Waals surface area (Å²) < 4.78 is 0. The molecule has 0 bridgehead atoms. The lowest BCUT2D eigenvalue weighted by molar-refractivity contribution is -0.312. The third-order valence-electron chi connectivity index (χ3n) is 4.99. The first-order chi connectivity index (χ1) is 12.1. The van der Waals surface area contributed by atoms with Crippen molar-refractivity contribution < 1.29 is 9.90 Å². The number of carbonyl (C=O) groups is 1. The third-order valence-corrected chi connectivity index (χ3v) is 4.99. The Morgan fingerprint density at radius 2 is 1.28 bits per heavy atom. The SMILES string of the molecule is CCCCCCCC/C=C\CCCCCCC(CCC(C)C)C(=O)[O-]. The molecule has 0 rings (SSSR count). The van der Waals surface area contributed by atoms with Crippen molar-refractivity contribution in [2.75, 3.05) is 0 Å². The summed E-state index contributed by atoms with van der Waals surface area (Å²) in [6.07, 6.45) is 22.5. The minimum Gasteiger partial charge on any atom is -0.550 e. The van der Waals surface area contributed by atoms with Gasteiger partial charge in [0.2, 0.25) is 0 Å². The number of carboxylic acids is 1. The van der Waals surface area contributed by atoms with E-state index in [1.165, 1.54) is 64.2 Å². The normalized spacial score (nSPS) is 13.0. The molecule has 0 heterocycles. The fourth-order valence-corrected chi connectivity index (χ4v) is 3.20. The zero-order chi connectivity index (χ0) is 18.8. The van der Waals surface area contributed by atoms with Crippen LogP contribution in [0.2, 0.25) is 0 Å². The van der Waals surface area contributed by atoms with Gasteiger partial charge >= 0.3 is 0 Å². The van der Waals surface area contributed by atoms with Crippen LogP contribution in [-0.2, 0) is 4.79 Å². The van der Waals surface area contributed by atoms with E-state index in [4.69, 9.17) is 0 Å². The van der Waals surface area contributed by atoms with Gasteiger partial charge in [-0.2, -0.15) is 0 Å². The van der Waals surface area contributed by atoms with Gasteiger partial charge in [-0.15, -0.1) is 0 Å². The zero-order valence-corrected chi connectivity index (χ0v) is 17.2. The molecule has 0 amide bonds. The van der Waals surface area contributed by atoms with E-state index in [1.807, 2.05) is 0 Å². The number of carboxylic acid groups (broad SMARTS) is 1. The lowest BCUT2D eigenvalue weighted by atomic mass is 9.93. The van der Waals surface area contributed by atoms with E-state index in [0.717, 1.165) is 32.1 Å². The Balaban J connectivity index is 3.44. The number of aliphatic carboxylic acids is 1. The highest BCUT2D eigenvalue weighted by Gasteiger charge is 2.10. The topological polar surface area (TPSA) is 40.1 Å². The Morgan fingerprint density at radius 1 is 0.760 bits per heavy atom. The van der Waals surface area contributed by atoms with E-state index in [2.05, 4.69) is 32.9 Å². The highest BCUT2D eigenvalue weighted by molar-refractivity contribution is 5.67. The number of hydrogen-bond acceptors (Lipinski definition) is 2. The number of rotatable bonds is 18. The maximum absolute atomic E-state index is 11.2. The van der Waals surface area contributed by atoms with Crippen molar-refractivity contribution in [3.8, 4) is 0 Å². The molecule has 25 heavy (non-hydrogen) atoms. The number of unbranched alkanes of at least 4 members (excludes halogenated alkanes) is 10. The summed E-state index contributed by atoms with van der Waals surface area (Å²) in [5, 5.41) is 11.2. The molecule has 0 aliphatic carbocycles. The van der Waals surface area contributed by atoms with Gasteiger partial charge in [-0.05, 0) is 50.4 Å². The van der Waals surface area contributed by atoms with Gasteiger partial charge in [-0.1, -0.05) is 90.7 Å². The van der Waals surface area contributed by atoms with E-state index >= 15 is 0 Å². The maximum Gasteiger partial charge on any atom is 0.0445 e. The molecule has 0 N–H and O–H groups in total. The average molecular weight is 352 g/mol. The van der Waals surface area contributed by atoms with Crippen LogP contribution in [0.1, 0.15) is 117 Å². The van der Waals surface area contributed by atoms with E-state index in [-0.39, 0.29) is 5.92 Å². The monoisotopic (exact) mass is 351 g/mol. The largest absolute Gasteiger partial charge is 0.550 e. The number of hydrogen-bond donors (Lipinski definition) is 0. The molecule has 148 valence electrons. The molecule has 0 saturated carbocycles. The van der Waals surface area contributed by atoms with Crippen molar-refractivity contribution in [3.63, 3.8) is 0 Å². The van der Waals surface area contributed by atoms with Gasteiger partial charge in [-0.25, -0.2) is 0 Å². The van der Waals surface area contributed by atoms with Crippen LogP contribution in [0.4, 0.5) is 0 Å². The number of carbonyl (C=O) groups excluding carboxylic acids is 1. The van der Waals surface area contributed by atoms with E-state index in [9.17, 15) is 9.90 Å². The summed E-state index contributed by atoms with van der Waals surface area (Å²) in [5.74, 6) is -0.511. The van der Waals surface area contributed by atoms with E-state index < -0.39 is 5.97 Å². The molecular formula is C23H43O2-. The van der Waals surface area contributed by atoms with Crippen molar-refractivity contribution in [1.29, 1.82) is 0 Å². The molecule has 2 heteroatoms. The molecule has 0 aromatic rings. The fraction of sp³-hybridized carbons (Fsp3) is 0.870. The Labute approximate surface area is 157 Å². The molecule has 0 aromatic heterocycles. The molecule has 0 aromatic carbocycles. The van der Waals surface area contributed by atoms with Gasteiger partial charge in [0.05, 0.1) is 0 Å². The van der Waals surface area contributed by atoms with Gasteiger partial charge in [0.15, 0.2) is 0 Å². The summed E-state index contributed by atoms with van der Waals surface area (Å²) in [4.78, 5) is 11.2. The molecule has 0 aliphatic heterocycles. The van der Waals surface area contributed by atoms with Crippen molar-refractivity contribution >= 4 is 5.97 Å². The maximum atomic E-state index is 11.2. The Bertz CT molecular complexity index is 320. The smallest absolute Gasteiger partial charge is 0.0445 e. The summed E-state index contributed by atoms with van der Waals surface area (Å²) in [5.41, 5.74) is 0. The van der Waals surface area contributed by atoms with Crippen molar-refractivity contribution in [3.05, 3.63) is 12.2 Å². The number of allylic oxidation sites excluding steroid dienone is 2. The lowest BCUT2D eigenvalue weighted by Crippen LogP contribution is -2.31. The van der Waals surface area contributed by atoms with Gasteiger partial charge < -0.3 is 9.90 Å². The molecule has 0 aliphatic rings. The molecular weight excluding hydrogens is 308 g/mol. The van der Waals surface area contributed by atoms with Crippen LogP contribution >= 0.6 is 0 Å². The summed E-state index contributed by atoms with van der Waals surface area (Å²) in [7, 11) is 0. The van der Waals surface area contributed by atoms with Gasteiger partial charge in [0, 0.05) is 5.97 Å². The highest BCUT2D eigenvalue weighted by atomic mass is 16.4. The van der Waals surface area contributed by atoms with Crippen LogP contribution in [0.5, 0.6) is 0 Å². The second-order valence-corrected chi connectivity index (χ2v) is 8.01. The Morgan fingerprint density at radius 3 is 1.80 bits per heavy atom. The Hall–Kier alpha value is -0.790. The van der Waals surface area contributed by atoms with Crippen LogP contribution in [0.15, 0.2) is 12.2 Å². The van der Waals surface area contributed by atoms with Crippen LogP contribution in [-0.4, -0.2) is 5.97 Å². The summed E-state index contributed by atoms with van der Waals surface area (Å²) in [6, 6.07) is 0. The van der Waals surface area contributed by atoms with Crippen LogP contribution < -0.4 is 5.11 Å². The average Bonchev–Trinajstić information content (AvgIpc) is 2.57. The minimum absolute atomic E-state index is 0.236. The van der Waals surface area contributed by atoms with Crippen molar-refractivity contribution in [2.45, 2.75) is 117 Å². The minimum atomic E-state index is -0.849. The van der Waals surface area contributed by atoms with Gasteiger partial charge in [0.1, 0.15) is 0 Å². The molecule has 0 fully saturated rings. The lowest BCUT2D eigenvalue weighted by Gasteiger charge is -2.18. The van der Waals surface area contributed by atoms with Gasteiger partial charge in [-0.3, -0.25) is 0 Å². The summed E-state index contributed by atoms with van der Waals surface area (Å²) in [6.45, 7) is 6.55. The Kier molecular flexibility index (Phi) is 17.4. The van der Waals surface area contributed by atoms with E-state index in [0.29, 0.717) is 5.92 Å². The standard InChI is InChI=1S/C23H44O2/c1-4-5-6-7-8-9-10-11-12-13-14-15-16-17-18-22(23(24)25)20-19-21(2)3/h11-12,21-22H,4-10,13-20H2,1-3H3,(H,24,25)/p-1/b12-11-.